The van der Waals surface area contributed by atoms with Crippen LogP contribution in [0.15, 0.2) is 24.5 Å². The molecule has 3 aromatic rings. The van der Waals surface area contributed by atoms with Crippen LogP contribution in [0.5, 0.6) is 0 Å². The molecule has 0 bridgehead atoms. The van der Waals surface area contributed by atoms with Crippen LogP contribution in [0.4, 0.5) is 5.82 Å². The molecule has 3 rings (SSSR count). The highest BCUT2D eigenvalue weighted by molar-refractivity contribution is 5.92. The molecule has 0 fully saturated rings. The third kappa shape index (κ3) is 1.91. The van der Waals surface area contributed by atoms with Crippen molar-refractivity contribution in [2.45, 2.75) is 26.7 Å². The first kappa shape index (κ1) is 12.6. The average molecular weight is 267 g/mol. The van der Waals surface area contributed by atoms with Gasteiger partial charge in [-0.1, -0.05) is 13.8 Å². The smallest absolute Gasteiger partial charge is 0.165 e. The molecule has 3 aromatic heterocycles. The zero-order chi connectivity index (χ0) is 14.3. The maximum atomic E-state index is 6.15. The van der Waals surface area contributed by atoms with E-state index in [-0.39, 0.29) is 0 Å². The first-order valence-electron chi connectivity index (χ1n) is 6.64. The monoisotopic (exact) mass is 267 g/mol. The van der Waals surface area contributed by atoms with E-state index in [1.807, 2.05) is 19.1 Å². The molecule has 0 aromatic carbocycles. The average Bonchev–Trinajstić information content (AvgIpc) is 2.76. The lowest BCUT2D eigenvalue weighted by Crippen LogP contribution is -1.99. The Labute approximate surface area is 117 Å². The summed E-state index contributed by atoms with van der Waals surface area (Å²) in [6.45, 7) is 6.33. The van der Waals surface area contributed by atoms with Crippen molar-refractivity contribution >= 4 is 16.9 Å². The molecule has 102 valence electrons. The second-order valence-electron chi connectivity index (χ2n) is 5.22. The molecule has 0 aliphatic heterocycles. The van der Waals surface area contributed by atoms with Gasteiger partial charge in [-0.25, -0.2) is 9.97 Å². The number of fused-ring (bicyclic) bond motifs is 1. The Hall–Kier alpha value is -2.43. The largest absolute Gasteiger partial charge is 0.383 e. The Bertz CT molecular complexity index is 759. The molecule has 0 aliphatic rings. The summed E-state index contributed by atoms with van der Waals surface area (Å²) in [6, 6.07) is 3.78. The van der Waals surface area contributed by atoms with Gasteiger partial charge < -0.3 is 10.7 Å². The topological polar surface area (TPSA) is 80.5 Å². The fourth-order valence-corrected chi connectivity index (χ4v) is 2.61. The van der Waals surface area contributed by atoms with Gasteiger partial charge in [0, 0.05) is 23.7 Å². The zero-order valence-corrected chi connectivity index (χ0v) is 11.8. The van der Waals surface area contributed by atoms with Crippen molar-refractivity contribution in [3.8, 4) is 11.4 Å². The van der Waals surface area contributed by atoms with Crippen LogP contribution >= 0.6 is 0 Å². The van der Waals surface area contributed by atoms with Gasteiger partial charge in [0.05, 0.1) is 5.39 Å². The Morgan fingerprint density at radius 3 is 2.70 bits per heavy atom. The number of aromatic nitrogens is 4. The third-order valence-electron chi connectivity index (χ3n) is 3.41. The van der Waals surface area contributed by atoms with E-state index in [1.165, 1.54) is 5.56 Å². The molecule has 5 nitrogen and oxygen atoms in total. The maximum Gasteiger partial charge on any atom is 0.165 e. The van der Waals surface area contributed by atoms with Crippen molar-refractivity contribution in [3.05, 3.63) is 35.8 Å². The molecule has 5 heteroatoms. The van der Waals surface area contributed by atoms with Crippen LogP contribution in [-0.4, -0.2) is 19.9 Å². The molecule has 0 spiro atoms. The lowest BCUT2D eigenvalue weighted by molar-refractivity contribution is 0.863. The molecule has 0 unspecified atom stereocenters. The van der Waals surface area contributed by atoms with E-state index < -0.39 is 0 Å². The number of nitrogens with one attached hydrogen (secondary N) is 1. The van der Waals surface area contributed by atoms with Crippen LogP contribution in [0.3, 0.4) is 0 Å². The first-order valence-corrected chi connectivity index (χ1v) is 6.64. The minimum atomic E-state index is 0.374. The lowest BCUT2D eigenvalue weighted by atomic mass is 10.0. The first-order chi connectivity index (χ1) is 9.58. The second kappa shape index (κ2) is 4.59. The summed E-state index contributed by atoms with van der Waals surface area (Å²) < 4.78 is 0. The van der Waals surface area contributed by atoms with Crippen LogP contribution in [0.1, 0.15) is 31.0 Å². The summed E-state index contributed by atoms with van der Waals surface area (Å²) in [5.74, 6) is 1.49. The Morgan fingerprint density at radius 1 is 1.25 bits per heavy atom. The number of hydrogen-bond acceptors (Lipinski definition) is 4. The molecule has 0 amide bonds. The molecule has 3 heterocycles. The summed E-state index contributed by atoms with van der Waals surface area (Å²) in [7, 11) is 0. The Kier molecular flexibility index (Phi) is 2.89. The number of H-pyrrole nitrogens is 1. The number of aryl methyl sites for hydroxylation is 1. The van der Waals surface area contributed by atoms with Crippen LogP contribution < -0.4 is 5.73 Å². The SMILES string of the molecule is Cc1[nH]c2nc(-c3cccnc3)nc(N)c2c1C(C)C. The van der Waals surface area contributed by atoms with E-state index in [0.29, 0.717) is 17.6 Å². The number of nitrogens with two attached hydrogens (primary N) is 1. The molecule has 0 saturated carbocycles. The third-order valence-corrected chi connectivity index (χ3v) is 3.41. The van der Waals surface area contributed by atoms with Gasteiger partial charge in [-0.3, -0.25) is 4.98 Å². The van der Waals surface area contributed by atoms with Crippen LogP contribution in [0, 0.1) is 6.92 Å². The Balaban J connectivity index is 2.27. The van der Waals surface area contributed by atoms with Gasteiger partial charge in [-0.2, -0.15) is 0 Å². The van der Waals surface area contributed by atoms with Crippen molar-refractivity contribution in [2.24, 2.45) is 0 Å². The molecule has 0 radical (unpaired) electrons. The number of aromatic amines is 1. The van der Waals surface area contributed by atoms with Gasteiger partial charge in [0.2, 0.25) is 0 Å². The summed E-state index contributed by atoms with van der Waals surface area (Å²) in [4.78, 5) is 16.4. The standard InChI is InChI=1S/C15H17N5/c1-8(2)11-9(3)18-15-12(11)13(16)19-14(20-15)10-5-4-6-17-7-10/h4-8H,1-3H3,(H3,16,18,19,20). The van der Waals surface area contributed by atoms with E-state index in [0.717, 1.165) is 22.3 Å². The van der Waals surface area contributed by atoms with Gasteiger partial charge in [-0.15, -0.1) is 0 Å². The summed E-state index contributed by atoms with van der Waals surface area (Å²) >= 11 is 0. The van der Waals surface area contributed by atoms with Gasteiger partial charge in [0.1, 0.15) is 11.5 Å². The minimum absolute atomic E-state index is 0.374. The van der Waals surface area contributed by atoms with Crippen molar-refractivity contribution in [3.63, 3.8) is 0 Å². The summed E-state index contributed by atoms with van der Waals surface area (Å²) in [5.41, 5.74) is 10.1. The van der Waals surface area contributed by atoms with Crippen molar-refractivity contribution < 1.29 is 0 Å². The second-order valence-corrected chi connectivity index (χ2v) is 5.22. The predicted octanol–water partition coefficient (Wildman–Crippen LogP) is 3.03. The summed E-state index contributed by atoms with van der Waals surface area (Å²) in [5, 5.41) is 0.935. The zero-order valence-electron chi connectivity index (χ0n) is 11.8. The molecule has 3 N–H and O–H groups in total. The molecule has 0 aliphatic carbocycles. The predicted molar refractivity (Wildman–Crippen MR) is 80.4 cm³/mol. The van der Waals surface area contributed by atoms with Crippen LogP contribution in [0.25, 0.3) is 22.4 Å². The van der Waals surface area contributed by atoms with E-state index in [4.69, 9.17) is 5.73 Å². The normalized spacial score (nSPS) is 11.4. The number of hydrogen-bond donors (Lipinski definition) is 2. The lowest BCUT2D eigenvalue weighted by Gasteiger charge is -2.07. The fraction of sp³-hybridized carbons (Fsp3) is 0.267. The Morgan fingerprint density at radius 2 is 2.05 bits per heavy atom. The van der Waals surface area contributed by atoms with E-state index in [2.05, 4.69) is 33.8 Å². The van der Waals surface area contributed by atoms with Crippen LogP contribution in [0.2, 0.25) is 0 Å². The van der Waals surface area contributed by atoms with Crippen molar-refractivity contribution in [2.75, 3.05) is 5.73 Å². The highest BCUT2D eigenvalue weighted by atomic mass is 15.0. The number of pyridine rings is 1. The van der Waals surface area contributed by atoms with Crippen LogP contribution in [-0.2, 0) is 0 Å². The molecular formula is C15H17N5. The molecule has 20 heavy (non-hydrogen) atoms. The number of anilines is 1. The highest BCUT2D eigenvalue weighted by Gasteiger charge is 2.17. The van der Waals surface area contributed by atoms with Gasteiger partial charge in [0.15, 0.2) is 5.82 Å². The van der Waals surface area contributed by atoms with Gasteiger partial charge >= 0.3 is 0 Å². The molecule has 0 atom stereocenters. The van der Waals surface area contributed by atoms with Gasteiger partial charge in [-0.05, 0) is 30.5 Å². The number of nitrogen functional groups attached to an aromatic ring is 1. The van der Waals surface area contributed by atoms with Crippen molar-refractivity contribution in [1.82, 2.24) is 19.9 Å². The minimum Gasteiger partial charge on any atom is -0.383 e. The quantitative estimate of drug-likeness (QED) is 0.747. The van der Waals surface area contributed by atoms with E-state index in [9.17, 15) is 0 Å². The van der Waals surface area contributed by atoms with Gasteiger partial charge in [0.25, 0.3) is 0 Å². The van der Waals surface area contributed by atoms with Crippen molar-refractivity contribution in [1.29, 1.82) is 0 Å². The summed E-state index contributed by atoms with van der Waals surface area (Å²) in [6.07, 6.45) is 3.46. The maximum absolute atomic E-state index is 6.15. The molecule has 0 saturated heterocycles. The van der Waals surface area contributed by atoms with E-state index in [1.54, 1.807) is 12.4 Å². The van der Waals surface area contributed by atoms with E-state index >= 15 is 0 Å². The number of nitrogens with zero attached hydrogens (tertiary/aromatic N) is 3. The molecular weight excluding hydrogens is 250 g/mol. The highest BCUT2D eigenvalue weighted by Crippen LogP contribution is 2.32. The fourth-order valence-electron chi connectivity index (χ4n) is 2.61. The number of rotatable bonds is 2.